The number of hydrogen-bond acceptors (Lipinski definition) is 4. The summed E-state index contributed by atoms with van der Waals surface area (Å²) in [6.45, 7) is 1.86. The summed E-state index contributed by atoms with van der Waals surface area (Å²) in [6, 6.07) is 7.54. The summed E-state index contributed by atoms with van der Waals surface area (Å²) in [7, 11) is 0. The first-order valence-electron chi connectivity index (χ1n) is 4.97. The summed E-state index contributed by atoms with van der Waals surface area (Å²) in [5.74, 6) is 0.748. The molecule has 0 bridgehead atoms. The molecular formula is C11H11ClN4S. The van der Waals surface area contributed by atoms with Crippen molar-refractivity contribution >= 4 is 29.6 Å². The van der Waals surface area contributed by atoms with Crippen LogP contribution in [-0.4, -0.2) is 27.3 Å². The molecule has 0 aliphatic carbocycles. The molecular weight excluding hydrogens is 256 g/mol. The average molecular weight is 267 g/mol. The lowest BCUT2D eigenvalue weighted by Crippen LogP contribution is -1.95. The Kier molecular flexibility index (Phi) is 3.81. The second-order valence-electron chi connectivity index (χ2n) is 3.31. The van der Waals surface area contributed by atoms with Crippen LogP contribution < -0.4 is 0 Å². The molecule has 0 saturated carbocycles. The fourth-order valence-electron chi connectivity index (χ4n) is 1.30. The first-order chi connectivity index (χ1) is 8.22. The van der Waals surface area contributed by atoms with E-state index in [2.05, 4.69) is 15.3 Å². The van der Waals surface area contributed by atoms with Crippen molar-refractivity contribution in [2.45, 2.75) is 12.1 Å². The van der Waals surface area contributed by atoms with Gasteiger partial charge in [-0.05, 0) is 19.2 Å². The highest BCUT2D eigenvalue weighted by Crippen LogP contribution is 2.15. The van der Waals surface area contributed by atoms with E-state index in [4.69, 9.17) is 11.6 Å². The Bertz CT molecular complexity index is 550. The third-order valence-corrected chi connectivity index (χ3v) is 3.13. The molecule has 0 spiro atoms. The predicted octanol–water partition coefficient (Wildman–Crippen LogP) is 2.84. The fraction of sp³-hybridized carbons (Fsp3) is 0.182. The minimum absolute atomic E-state index is 0.674. The molecule has 2 rings (SSSR count). The Balaban J connectivity index is 2.32. The molecule has 0 aliphatic rings. The summed E-state index contributed by atoms with van der Waals surface area (Å²) in [4.78, 5) is 0. The van der Waals surface area contributed by atoms with Crippen LogP contribution in [0.5, 0.6) is 0 Å². The predicted molar refractivity (Wildman–Crippen MR) is 71.0 cm³/mol. The third-order valence-electron chi connectivity index (χ3n) is 2.17. The van der Waals surface area contributed by atoms with E-state index in [1.165, 1.54) is 11.8 Å². The van der Waals surface area contributed by atoms with Crippen molar-refractivity contribution in [2.24, 2.45) is 5.10 Å². The maximum Gasteiger partial charge on any atom is 0.211 e. The number of nitrogens with zero attached hydrogens (tertiary/aromatic N) is 4. The molecule has 1 aromatic heterocycles. The van der Waals surface area contributed by atoms with E-state index in [1.54, 1.807) is 10.9 Å². The van der Waals surface area contributed by atoms with E-state index in [0.29, 0.717) is 5.02 Å². The molecule has 0 unspecified atom stereocenters. The van der Waals surface area contributed by atoms with Gasteiger partial charge in [-0.25, -0.2) is 0 Å². The molecule has 1 aromatic carbocycles. The number of aryl methyl sites for hydroxylation is 1. The molecule has 0 aliphatic heterocycles. The molecule has 4 nitrogen and oxygen atoms in total. The lowest BCUT2D eigenvalue weighted by Gasteiger charge is -1.99. The Hall–Kier alpha value is -1.33. The van der Waals surface area contributed by atoms with Crippen LogP contribution in [0.4, 0.5) is 0 Å². The van der Waals surface area contributed by atoms with Crippen LogP contribution in [0, 0.1) is 6.92 Å². The van der Waals surface area contributed by atoms with Crippen molar-refractivity contribution in [3.63, 3.8) is 0 Å². The fourth-order valence-corrected chi connectivity index (χ4v) is 1.96. The van der Waals surface area contributed by atoms with Gasteiger partial charge in [-0.15, -0.1) is 10.2 Å². The first kappa shape index (κ1) is 12.1. The van der Waals surface area contributed by atoms with Crippen LogP contribution in [0.25, 0.3) is 0 Å². The van der Waals surface area contributed by atoms with Gasteiger partial charge in [0.2, 0.25) is 5.16 Å². The van der Waals surface area contributed by atoms with Gasteiger partial charge < -0.3 is 0 Å². The topological polar surface area (TPSA) is 43.1 Å². The van der Waals surface area contributed by atoms with Crippen molar-refractivity contribution in [1.82, 2.24) is 14.9 Å². The molecule has 0 saturated heterocycles. The zero-order valence-electron chi connectivity index (χ0n) is 9.46. The lowest BCUT2D eigenvalue weighted by molar-refractivity contribution is 0.745. The van der Waals surface area contributed by atoms with Gasteiger partial charge in [0.25, 0.3) is 0 Å². The van der Waals surface area contributed by atoms with Gasteiger partial charge in [-0.1, -0.05) is 41.6 Å². The monoisotopic (exact) mass is 266 g/mol. The minimum Gasteiger partial charge on any atom is -0.192 e. The first-order valence-corrected chi connectivity index (χ1v) is 6.57. The van der Waals surface area contributed by atoms with Crippen LogP contribution in [-0.2, 0) is 0 Å². The molecule has 0 atom stereocenters. The summed E-state index contributed by atoms with van der Waals surface area (Å²) < 4.78 is 1.69. The molecule has 1 heterocycles. The Morgan fingerprint density at radius 1 is 1.35 bits per heavy atom. The van der Waals surface area contributed by atoms with Crippen LogP contribution >= 0.6 is 23.4 Å². The molecule has 0 amide bonds. The quantitative estimate of drug-likeness (QED) is 0.634. The van der Waals surface area contributed by atoms with Crippen LogP contribution in [0.3, 0.4) is 0 Å². The molecule has 6 heteroatoms. The number of benzene rings is 1. The summed E-state index contributed by atoms with van der Waals surface area (Å²) >= 11 is 7.54. The number of hydrogen-bond donors (Lipinski definition) is 0. The Labute approximate surface area is 109 Å². The Morgan fingerprint density at radius 3 is 2.82 bits per heavy atom. The van der Waals surface area contributed by atoms with Crippen molar-refractivity contribution in [2.75, 3.05) is 6.26 Å². The summed E-state index contributed by atoms with van der Waals surface area (Å²) in [6.07, 6.45) is 3.64. The molecule has 0 fully saturated rings. The van der Waals surface area contributed by atoms with Crippen molar-refractivity contribution in [3.8, 4) is 0 Å². The van der Waals surface area contributed by atoms with Crippen molar-refractivity contribution in [3.05, 3.63) is 40.7 Å². The maximum atomic E-state index is 6.04. The van der Waals surface area contributed by atoms with E-state index in [-0.39, 0.29) is 0 Å². The highest BCUT2D eigenvalue weighted by Gasteiger charge is 2.05. The zero-order valence-corrected chi connectivity index (χ0v) is 11.0. The van der Waals surface area contributed by atoms with E-state index in [9.17, 15) is 0 Å². The van der Waals surface area contributed by atoms with Gasteiger partial charge in [-0.2, -0.15) is 9.78 Å². The van der Waals surface area contributed by atoms with Gasteiger partial charge in [0.15, 0.2) is 5.82 Å². The van der Waals surface area contributed by atoms with Gasteiger partial charge in [0.05, 0.1) is 6.21 Å². The minimum atomic E-state index is 0.674. The lowest BCUT2D eigenvalue weighted by atomic mass is 10.2. The Morgan fingerprint density at radius 2 is 2.12 bits per heavy atom. The van der Waals surface area contributed by atoms with E-state index in [1.807, 2.05) is 37.4 Å². The van der Waals surface area contributed by atoms with Crippen molar-refractivity contribution < 1.29 is 0 Å². The highest BCUT2D eigenvalue weighted by molar-refractivity contribution is 7.98. The summed E-state index contributed by atoms with van der Waals surface area (Å²) in [5, 5.41) is 13.7. The van der Waals surface area contributed by atoms with Crippen LogP contribution in [0.1, 0.15) is 11.4 Å². The number of halogens is 1. The highest BCUT2D eigenvalue weighted by atomic mass is 35.5. The molecule has 88 valence electrons. The smallest absolute Gasteiger partial charge is 0.192 e. The second-order valence-corrected chi connectivity index (χ2v) is 4.49. The maximum absolute atomic E-state index is 6.04. The average Bonchev–Trinajstić information content (AvgIpc) is 2.69. The van der Waals surface area contributed by atoms with Crippen LogP contribution in [0.15, 0.2) is 34.5 Å². The largest absolute Gasteiger partial charge is 0.211 e. The SMILES string of the molecule is CSc1nnc(C)n1/N=C\c1ccccc1Cl. The molecule has 0 N–H and O–H groups in total. The van der Waals surface area contributed by atoms with E-state index in [0.717, 1.165) is 16.5 Å². The third kappa shape index (κ3) is 2.68. The number of thioether (sulfide) groups is 1. The number of rotatable bonds is 3. The molecule has 2 aromatic rings. The number of aromatic nitrogens is 3. The summed E-state index contributed by atoms with van der Waals surface area (Å²) in [5.41, 5.74) is 0.870. The van der Waals surface area contributed by atoms with Crippen LogP contribution in [0.2, 0.25) is 5.02 Å². The van der Waals surface area contributed by atoms with Gasteiger partial charge in [0.1, 0.15) is 0 Å². The van der Waals surface area contributed by atoms with Gasteiger partial charge in [0, 0.05) is 10.6 Å². The zero-order chi connectivity index (χ0) is 12.3. The normalized spacial score (nSPS) is 11.2. The van der Waals surface area contributed by atoms with Gasteiger partial charge >= 0.3 is 0 Å². The van der Waals surface area contributed by atoms with Gasteiger partial charge in [-0.3, -0.25) is 0 Å². The second kappa shape index (κ2) is 5.33. The van der Waals surface area contributed by atoms with Crippen molar-refractivity contribution in [1.29, 1.82) is 0 Å². The standard InChI is InChI=1S/C11H11ClN4S/c1-8-14-15-11(17-2)16(8)13-7-9-5-3-4-6-10(9)12/h3-7H,1-2H3/b13-7-. The van der Waals surface area contributed by atoms with E-state index >= 15 is 0 Å². The molecule has 0 radical (unpaired) electrons. The molecule has 17 heavy (non-hydrogen) atoms. The van der Waals surface area contributed by atoms with E-state index < -0.39 is 0 Å².